The molecular formula is C15H14ClNO3. The Morgan fingerprint density at radius 2 is 2.10 bits per heavy atom. The van der Waals surface area contributed by atoms with E-state index in [9.17, 15) is 4.79 Å². The van der Waals surface area contributed by atoms with Gasteiger partial charge in [-0.15, -0.1) is 0 Å². The summed E-state index contributed by atoms with van der Waals surface area (Å²) in [6.45, 7) is 2.29. The zero-order chi connectivity index (χ0) is 14.5. The molecule has 0 aliphatic carbocycles. The fourth-order valence-electron chi connectivity index (χ4n) is 1.80. The highest BCUT2D eigenvalue weighted by molar-refractivity contribution is 6.32. The first-order chi connectivity index (χ1) is 9.63. The van der Waals surface area contributed by atoms with Gasteiger partial charge in [-0.2, -0.15) is 0 Å². The van der Waals surface area contributed by atoms with Crippen molar-refractivity contribution in [3.05, 3.63) is 52.3 Å². The maximum absolute atomic E-state index is 10.8. The van der Waals surface area contributed by atoms with Gasteiger partial charge in [0.05, 0.1) is 12.1 Å². The Balaban J connectivity index is 2.22. The van der Waals surface area contributed by atoms with Gasteiger partial charge < -0.3 is 9.47 Å². The zero-order valence-corrected chi connectivity index (χ0v) is 12.0. The maximum atomic E-state index is 10.8. The summed E-state index contributed by atoms with van der Waals surface area (Å²) in [5.41, 5.74) is 2.43. The number of nitrogens with zero attached hydrogens (tertiary/aromatic N) is 1. The molecule has 0 saturated carbocycles. The van der Waals surface area contributed by atoms with Crippen molar-refractivity contribution in [1.82, 2.24) is 4.98 Å². The molecule has 1 heterocycles. The van der Waals surface area contributed by atoms with Crippen LogP contribution in [0.15, 0.2) is 30.6 Å². The van der Waals surface area contributed by atoms with E-state index < -0.39 is 0 Å². The summed E-state index contributed by atoms with van der Waals surface area (Å²) in [7, 11) is 1.50. The molecule has 0 unspecified atom stereocenters. The van der Waals surface area contributed by atoms with Crippen molar-refractivity contribution < 1.29 is 14.3 Å². The summed E-state index contributed by atoms with van der Waals surface area (Å²) >= 11 is 6.11. The summed E-state index contributed by atoms with van der Waals surface area (Å²) < 4.78 is 10.9. The number of halogens is 1. The maximum Gasteiger partial charge on any atom is 0.180 e. The number of carbonyl (C=O) groups excluding carboxylic acids is 1. The summed E-state index contributed by atoms with van der Waals surface area (Å²) in [6, 6.07) is 5.11. The van der Waals surface area contributed by atoms with Gasteiger partial charge in [0.15, 0.2) is 11.5 Å². The molecule has 1 aromatic carbocycles. The van der Waals surface area contributed by atoms with Gasteiger partial charge in [-0.25, -0.2) is 0 Å². The van der Waals surface area contributed by atoms with Crippen LogP contribution in [0.1, 0.15) is 21.5 Å². The molecule has 2 rings (SSSR count). The third-order valence-electron chi connectivity index (χ3n) is 2.70. The van der Waals surface area contributed by atoms with Gasteiger partial charge in [-0.1, -0.05) is 11.6 Å². The second-order valence-corrected chi connectivity index (χ2v) is 4.72. The number of aromatic nitrogens is 1. The van der Waals surface area contributed by atoms with Crippen molar-refractivity contribution >= 4 is 17.9 Å². The van der Waals surface area contributed by atoms with E-state index in [1.165, 1.54) is 7.11 Å². The number of aldehydes is 1. The molecule has 1 aromatic heterocycles. The first-order valence-corrected chi connectivity index (χ1v) is 6.38. The Labute approximate surface area is 122 Å². The molecule has 5 heteroatoms. The van der Waals surface area contributed by atoms with Crippen molar-refractivity contribution in [2.24, 2.45) is 0 Å². The smallest absolute Gasteiger partial charge is 0.180 e. The van der Waals surface area contributed by atoms with E-state index in [4.69, 9.17) is 21.1 Å². The van der Waals surface area contributed by atoms with E-state index in [1.54, 1.807) is 24.5 Å². The van der Waals surface area contributed by atoms with Crippen LogP contribution < -0.4 is 9.47 Å². The summed E-state index contributed by atoms with van der Waals surface area (Å²) in [4.78, 5) is 14.9. The third kappa shape index (κ3) is 3.27. The van der Waals surface area contributed by atoms with E-state index in [2.05, 4.69) is 4.98 Å². The van der Waals surface area contributed by atoms with Crippen molar-refractivity contribution in [3.8, 4) is 11.5 Å². The number of carbonyl (C=O) groups is 1. The van der Waals surface area contributed by atoms with Gasteiger partial charge in [0.25, 0.3) is 0 Å². The molecule has 0 radical (unpaired) electrons. The van der Waals surface area contributed by atoms with E-state index in [0.29, 0.717) is 35.0 Å². The quantitative estimate of drug-likeness (QED) is 0.792. The van der Waals surface area contributed by atoms with E-state index in [0.717, 1.165) is 11.1 Å². The minimum Gasteiger partial charge on any atom is -0.493 e. The molecule has 20 heavy (non-hydrogen) atoms. The lowest BCUT2D eigenvalue weighted by molar-refractivity contribution is 0.112. The van der Waals surface area contributed by atoms with E-state index in [-0.39, 0.29) is 0 Å². The first kappa shape index (κ1) is 14.3. The monoisotopic (exact) mass is 291 g/mol. The Morgan fingerprint density at radius 1 is 1.30 bits per heavy atom. The van der Waals surface area contributed by atoms with Crippen LogP contribution in [0.3, 0.4) is 0 Å². The van der Waals surface area contributed by atoms with Crippen LogP contribution in [-0.2, 0) is 6.61 Å². The van der Waals surface area contributed by atoms with E-state index in [1.807, 2.05) is 13.0 Å². The molecule has 0 atom stereocenters. The topological polar surface area (TPSA) is 48.4 Å². The molecule has 2 aromatic rings. The van der Waals surface area contributed by atoms with Crippen molar-refractivity contribution in [1.29, 1.82) is 0 Å². The Hall–Kier alpha value is -2.07. The predicted octanol–water partition coefficient (Wildman–Crippen LogP) is 3.44. The first-order valence-electron chi connectivity index (χ1n) is 6.00. The number of aryl methyl sites for hydroxylation is 1. The number of hydrogen-bond donors (Lipinski definition) is 0. The Bertz CT molecular complexity index is 629. The molecular weight excluding hydrogens is 278 g/mol. The Morgan fingerprint density at radius 3 is 2.75 bits per heavy atom. The highest BCUT2D eigenvalue weighted by Crippen LogP contribution is 2.36. The van der Waals surface area contributed by atoms with E-state index >= 15 is 0 Å². The van der Waals surface area contributed by atoms with Crippen LogP contribution in [0.2, 0.25) is 5.02 Å². The van der Waals surface area contributed by atoms with Gasteiger partial charge in [-0.05, 0) is 30.7 Å². The molecule has 0 amide bonds. The van der Waals surface area contributed by atoms with Crippen molar-refractivity contribution in [3.63, 3.8) is 0 Å². The van der Waals surface area contributed by atoms with Gasteiger partial charge in [-0.3, -0.25) is 9.78 Å². The summed E-state index contributed by atoms with van der Waals surface area (Å²) in [5, 5.41) is 0.340. The highest BCUT2D eigenvalue weighted by Gasteiger charge is 2.12. The van der Waals surface area contributed by atoms with Crippen LogP contribution in [-0.4, -0.2) is 18.4 Å². The number of benzene rings is 1. The average Bonchev–Trinajstić information content (AvgIpc) is 2.45. The summed E-state index contributed by atoms with van der Waals surface area (Å²) in [5.74, 6) is 0.849. The Kier molecular flexibility index (Phi) is 4.58. The third-order valence-corrected chi connectivity index (χ3v) is 2.98. The van der Waals surface area contributed by atoms with Crippen molar-refractivity contribution in [2.45, 2.75) is 13.5 Å². The lowest BCUT2D eigenvalue weighted by atomic mass is 10.2. The standard InChI is InChI=1S/C15H14ClNO3/c1-10-3-12(7-17-6-10)9-20-15-13(16)4-11(8-18)5-14(15)19-2/h3-8H,9H2,1-2H3. The minimum atomic E-state index is 0.325. The molecule has 0 N–H and O–H groups in total. The SMILES string of the molecule is COc1cc(C=O)cc(Cl)c1OCc1cncc(C)c1. The molecule has 0 bridgehead atoms. The molecule has 0 fully saturated rings. The molecule has 0 aliphatic rings. The lowest BCUT2D eigenvalue weighted by Crippen LogP contribution is -2.00. The van der Waals surface area contributed by atoms with Crippen LogP contribution >= 0.6 is 11.6 Å². The molecule has 104 valence electrons. The fourth-order valence-corrected chi connectivity index (χ4v) is 2.07. The van der Waals surface area contributed by atoms with Gasteiger partial charge in [0.1, 0.15) is 12.9 Å². The largest absolute Gasteiger partial charge is 0.493 e. The number of methoxy groups -OCH3 is 1. The predicted molar refractivity (Wildman–Crippen MR) is 76.7 cm³/mol. The number of pyridine rings is 1. The van der Waals surface area contributed by atoms with Crippen LogP contribution in [0, 0.1) is 6.92 Å². The normalized spacial score (nSPS) is 10.2. The second-order valence-electron chi connectivity index (χ2n) is 4.31. The van der Waals surface area contributed by atoms with Gasteiger partial charge in [0, 0.05) is 23.5 Å². The van der Waals surface area contributed by atoms with Crippen LogP contribution in [0.5, 0.6) is 11.5 Å². The highest BCUT2D eigenvalue weighted by atomic mass is 35.5. The second kappa shape index (κ2) is 6.39. The van der Waals surface area contributed by atoms with Crippen molar-refractivity contribution in [2.75, 3.05) is 7.11 Å². The fraction of sp³-hybridized carbons (Fsp3) is 0.200. The average molecular weight is 292 g/mol. The van der Waals surface area contributed by atoms with Crippen LogP contribution in [0.25, 0.3) is 0 Å². The molecule has 0 saturated heterocycles. The number of hydrogen-bond acceptors (Lipinski definition) is 4. The number of ether oxygens (including phenoxy) is 2. The molecule has 0 aliphatic heterocycles. The lowest BCUT2D eigenvalue weighted by Gasteiger charge is -2.13. The number of rotatable bonds is 5. The van der Waals surface area contributed by atoms with Gasteiger partial charge in [0.2, 0.25) is 0 Å². The van der Waals surface area contributed by atoms with Crippen LogP contribution in [0.4, 0.5) is 0 Å². The molecule has 4 nitrogen and oxygen atoms in total. The summed E-state index contributed by atoms with van der Waals surface area (Å²) in [6.07, 6.45) is 4.21. The zero-order valence-electron chi connectivity index (χ0n) is 11.2. The minimum absolute atomic E-state index is 0.325. The molecule has 0 spiro atoms. The van der Waals surface area contributed by atoms with Gasteiger partial charge >= 0.3 is 0 Å².